The van der Waals surface area contributed by atoms with Gasteiger partial charge in [-0.2, -0.15) is 4.74 Å². The number of nitro benzene ring substituents is 1. The Labute approximate surface area is 262 Å². The molecule has 12 bridgehead atoms. The summed E-state index contributed by atoms with van der Waals surface area (Å²) in [6.07, 6.45) is 22.3. The predicted octanol–water partition coefficient (Wildman–Crippen LogP) is 10.1. The van der Waals surface area contributed by atoms with Gasteiger partial charge < -0.3 is 0 Å². The van der Waals surface area contributed by atoms with E-state index < -0.39 is 7.74 Å². The molecule has 0 radical (unpaired) electrons. The van der Waals surface area contributed by atoms with E-state index in [1.54, 1.807) is 12.1 Å². The first-order valence-corrected chi connectivity index (χ1v) is 19.7. The summed E-state index contributed by atoms with van der Waals surface area (Å²) in [6.45, 7) is 0. The van der Waals surface area contributed by atoms with E-state index >= 15 is 0 Å². The molecule has 44 heavy (non-hydrogen) atoms. The fraction of sp³-hybridized carbons (Fsp3) is 0.833. The Hall–Kier alpha value is -1.27. The Kier molecular flexibility index (Phi) is 6.09. The first-order valence-electron chi connectivity index (χ1n) is 18.2. The summed E-state index contributed by atoms with van der Waals surface area (Å²) in [5.74, 6) is 6.76. The zero-order chi connectivity index (χ0) is 29.3. The number of rotatable bonds is 8. The maximum Gasteiger partial charge on any atom is 0.362 e. The lowest BCUT2D eigenvalue weighted by molar-refractivity contribution is -0.384. The molecule has 13 rings (SSSR count). The van der Waals surface area contributed by atoms with Crippen LogP contribution in [0.5, 0.6) is 0 Å². The van der Waals surface area contributed by atoms with Gasteiger partial charge in [0.05, 0.1) is 27.4 Å². The molecule has 8 heteroatoms. The van der Waals surface area contributed by atoms with Crippen LogP contribution in [0.2, 0.25) is 0 Å². The molecule has 12 saturated carbocycles. The topological polar surface area (TPSA) is 83.2 Å². The van der Waals surface area contributed by atoms with Gasteiger partial charge in [0.25, 0.3) is 5.69 Å². The fourth-order valence-electron chi connectivity index (χ4n) is 14.1. The minimum absolute atomic E-state index is 0.0962. The zero-order valence-corrected chi connectivity index (χ0v) is 27.0. The van der Waals surface area contributed by atoms with Crippen molar-refractivity contribution < 1.29 is 18.5 Å². The largest absolute Gasteiger partial charge is 0.362 e. The molecule has 0 aromatic heterocycles. The van der Waals surface area contributed by atoms with Crippen molar-refractivity contribution in [1.29, 1.82) is 0 Å². The molecule has 238 valence electrons. The van der Waals surface area contributed by atoms with Crippen LogP contribution in [0.15, 0.2) is 29.0 Å². The van der Waals surface area contributed by atoms with Crippen molar-refractivity contribution in [3.05, 3.63) is 34.4 Å². The van der Waals surface area contributed by atoms with Crippen molar-refractivity contribution in [3.8, 4) is 0 Å². The molecule has 0 unspecified atom stereocenters. The molecule has 0 saturated heterocycles. The molecule has 0 aliphatic heterocycles. The number of nitro groups is 1. The molecule has 1 aromatic rings. The van der Waals surface area contributed by atoms with Crippen molar-refractivity contribution in [2.75, 3.05) is 0 Å². The third kappa shape index (κ3) is 4.72. The second-order valence-electron chi connectivity index (χ2n) is 17.9. The van der Waals surface area contributed by atoms with Gasteiger partial charge in [-0.05, 0) is 181 Å². The van der Waals surface area contributed by atoms with Gasteiger partial charge in [0.15, 0.2) is 0 Å². The molecule has 0 amide bonds. The number of hydrogen-bond acceptors (Lipinski definition) is 6. The quantitative estimate of drug-likeness (QED) is 0.164. The van der Waals surface area contributed by atoms with Gasteiger partial charge in [0.2, 0.25) is 0 Å². The second-order valence-corrected chi connectivity index (χ2v) is 19.6. The van der Waals surface area contributed by atoms with Gasteiger partial charge in [-0.1, -0.05) is 0 Å². The third-order valence-electron chi connectivity index (χ3n) is 14.2. The van der Waals surface area contributed by atoms with Gasteiger partial charge in [-0.15, -0.1) is 0 Å². The van der Waals surface area contributed by atoms with Crippen molar-refractivity contribution in [1.82, 2.24) is 0 Å². The lowest BCUT2D eigenvalue weighted by Gasteiger charge is -2.61. The lowest BCUT2D eigenvalue weighted by Crippen LogP contribution is -2.55. The highest BCUT2D eigenvalue weighted by Crippen LogP contribution is 2.73. The molecular formula is C36H49N2O5P. The summed E-state index contributed by atoms with van der Waals surface area (Å²) in [6, 6.07) is 6.80. The van der Waals surface area contributed by atoms with E-state index in [0.29, 0.717) is 5.69 Å². The average Bonchev–Trinajstić information content (AvgIpc) is 2.90. The Morgan fingerprint density at radius 1 is 0.545 bits per heavy atom. The maximum absolute atomic E-state index is 11.6. The number of non-ortho nitro benzene ring substituents is 1. The third-order valence-corrected chi connectivity index (χ3v) is 16.5. The molecule has 12 aliphatic carbocycles. The maximum atomic E-state index is 11.6. The fourth-order valence-corrected chi connectivity index (χ4v) is 16.9. The van der Waals surface area contributed by atoms with Crippen molar-refractivity contribution >= 4 is 19.1 Å². The number of hydrogen-bond donors (Lipinski definition) is 0. The number of nitrogens with zero attached hydrogens (tertiary/aromatic N) is 2. The highest BCUT2D eigenvalue weighted by atomic mass is 31.2. The standard InChI is InChI=1S/C36H49N2O5P/c39-38(40)33-3-1-32(2-4-33)37-44(41-34-14-23-5-24(15-34)7-25(6-23)16-34,42-35-17-26-8-27(18-35)10-28(9-26)19-35)43-36-20-29-11-30(21-36)13-31(12-29)22-36/h1-4,23-31H,5-22H2. The molecule has 12 fully saturated rings. The van der Waals surface area contributed by atoms with Crippen LogP contribution in [0.25, 0.3) is 0 Å². The highest BCUT2D eigenvalue weighted by molar-refractivity contribution is 7.51. The summed E-state index contributed by atoms with van der Waals surface area (Å²) in [7, 11) is -3.25. The van der Waals surface area contributed by atoms with Crippen molar-refractivity contribution in [3.63, 3.8) is 0 Å². The smallest absolute Gasteiger partial charge is 0.296 e. The van der Waals surface area contributed by atoms with E-state index in [0.717, 1.165) is 111 Å². The van der Waals surface area contributed by atoms with E-state index in [1.165, 1.54) is 57.8 Å². The van der Waals surface area contributed by atoms with E-state index in [1.807, 2.05) is 12.1 Å². The van der Waals surface area contributed by atoms with E-state index in [4.69, 9.17) is 18.3 Å². The van der Waals surface area contributed by atoms with Crippen LogP contribution in [0.4, 0.5) is 11.4 Å². The average molecular weight is 621 g/mol. The predicted molar refractivity (Wildman–Crippen MR) is 168 cm³/mol. The molecule has 12 aliphatic rings. The summed E-state index contributed by atoms with van der Waals surface area (Å²) in [4.78, 5) is 11.2. The van der Waals surface area contributed by atoms with E-state index in [-0.39, 0.29) is 27.4 Å². The first kappa shape index (κ1) is 27.8. The normalized spacial score (nSPS) is 50.2. The van der Waals surface area contributed by atoms with Gasteiger partial charge in [-0.3, -0.25) is 23.7 Å². The molecule has 0 spiro atoms. The van der Waals surface area contributed by atoms with Crippen LogP contribution >= 0.6 is 7.74 Å². The molecule has 0 heterocycles. The molecule has 7 nitrogen and oxygen atoms in total. The van der Waals surface area contributed by atoms with Gasteiger partial charge in [-0.25, -0.2) is 0 Å². The Bertz CT molecular complexity index is 1180. The zero-order valence-electron chi connectivity index (χ0n) is 26.1. The van der Waals surface area contributed by atoms with Gasteiger partial charge in [0, 0.05) is 12.1 Å². The number of benzene rings is 1. The van der Waals surface area contributed by atoms with Crippen LogP contribution < -0.4 is 0 Å². The minimum Gasteiger partial charge on any atom is -0.296 e. The van der Waals surface area contributed by atoms with Crippen LogP contribution in [0.1, 0.15) is 116 Å². The van der Waals surface area contributed by atoms with Gasteiger partial charge >= 0.3 is 7.74 Å². The van der Waals surface area contributed by atoms with E-state index in [9.17, 15) is 10.1 Å². The summed E-state index contributed by atoms with van der Waals surface area (Å²) in [5.41, 5.74) is 0.175. The van der Waals surface area contributed by atoms with Crippen molar-refractivity contribution in [2.45, 2.75) is 132 Å². The van der Waals surface area contributed by atoms with Crippen LogP contribution in [-0.2, 0) is 13.6 Å². The summed E-state index contributed by atoms with van der Waals surface area (Å²) >= 11 is 0. The highest BCUT2D eigenvalue weighted by Gasteiger charge is 2.61. The Morgan fingerprint density at radius 3 is 1.07 bits per heavy atom. The Balaban J connectivity index is 1.11. The lowest BCUT2D eigenvalue weighted by atomic mass is 9.54. The van der Waals surface area contributed by atoms with E-state index in [2.05, 4.69) is 0 Å². The summed E-state index contributed by atoms with van der Waals surface area (Å²) < 4.78 is 28.8. The molecule has 0 N–H and O–H groups in total. The van der Waals surface area contributed by atoms with Crippen LogP contribution in [0, 0.1) is 63.4 Å². The summed E-state index contributed by atoms with van der Waals surface area (Å²) in [5, 5.41) is 11.6. The Morgan fingerprint density at radius 2 is 0.818 bits per heavy atom. The molecular weight excluding hydrogens is 571 g/mol. The van der Waals surface area contributed by atoms with Crippen LogP contribution in [-0.4, -0.2) is 21.7 Å². The van der Waals surface area contributed by atoms with Crippen LogP contribution in [0.3, 0.4) is 0 Å². The first-order chi connectivity index (χ1) is 21.2. The SMILES string of the molecule is O=[N+]([O-])c1ccc(N=P(OC23CC4CC(CC(C4)C2)C3)(OC23CC4CC(CC(C4)C2)C3)OC23CC4CC(CC(C4)C2)C3)cc1. The monoisotopic (exact) mass is 620 g/mol. The van der Waals surface area contributed by atoms with Crippen molar-refractivity contribution in [2.24, 2.45) is 58.0 Å². The second kappa shape index (κ2) is 9.64. The molecule has 0 atom stereocenters. The molecule has 1 aromatic carbocycles. The minimum atomic E-state index is -3.25. The van der Waals surface area contributed by atoms with Gasteiger partial charge in [0.1, 0.15) is 0 Å².